The maximum Gasteiger partial charge on any atom is 0.279 e. The zero-order valence-corrected chi connectivity index (χ0v) is 17.0. The van der Waals surface area contributed by atoms with Gasteiger partial charge in [0.15, 0.2) is 6.54 Å². The summed E-state index contributed by atoms with van der Waals surface area (Å²) in [5, 5.41) is 2.97. The number of carbonyl (C=O) groups is 1. The molecule has 6 nitrogen and oxygen atoms in total. The van der Waals surface area contributed by atoms with Crippen molar-refractivity contribution in [3.05, 3.63) is 48.3 Å². The Balaban J connectivity index is 1.54. The molecule has 0 saturated carbocycles. The van der Waals surface area contributed by atoms with Gasteiger partial charge in [0, 0.05) is 11.8 Å². The normalized spacial score (nSPS) is 14.5. The average Bonchev–Trinajstić information content (AvgIpc) is 2.71. The molecule has 0 aliphatic carbocycles. The highest BCUT2D eigenvalue weighted by Gasteiger charge is 2.23. The monoisotopic (exact) mass is 402 g/mol. The van der Waals surface area contributed by atoms with Gasteiger partial charge in [0.25, 0.3) is 5.91 Å². The first-order valence-corrected chi connectivity index (χ1v) is 10.1. The summed E-state index contributed by atoms with van der Waals surface area (Å²) in [6.07, 6.45) is 0. The third-order valence-corrected chi connectivity index (χ3v) is 4.91. The molecular formula is C22H29FN3O3+. The van der Waals surface area contributed by atoms with Crippen LogP contribution < -0.4 is 24.6 Å². The Morgan fingerprint density at radius 2 is 1.76 bits per heavy atom. The number of benzene rings is 2. The zero-order valence-electron chi connectivity index (χ0n) is 17.0. The van der Waals surface area contributed by atoms with Crippen LogP contribution in [0.25, 0.3) is 0 Å². The molecule has 1 amide bonds. The van der Waals surface area contributed by atoms with Gasteiger partial charge in [0.1, 0.15) is 17.3 Å². The lowest BCUT2D eigenvalue weighted by molar-refractivity contribution is -0.892. The van der Waals surface area contributed by atoms with Crippen LogP contribution in [0, 0.1) is 5.82 Å². The summed E-state index contributed by atoms with van der Waals surface area (Å²) in [4.78, 5) is 16.1. The lowest BCUT2D eigenvalue weighted by atomic mass is 10.2. The molecule has 0 unspecified atom stereocenters. The van der Waals surface area contributed by atoms with Gasteiger partial charge in [0.2, 0.25) is 0 Å². The molecule has 0 spiro atoms. The molecule has 0 atom stereocenters. The second kappa shape index (κ2) is 10.1. The van der Waals surface area contributed by atoms with Crippen molar-refractivity contribution < 1.29 is 23.6 Å². The van der Waals surface area contributed by atoms with E-state index in [1.807, 2.05) is 26.0 Å². The molecule has 0 aromatic heterocycles. The fraction of sp³-hybridized carbons (Fsp3) is 0.409. The van der Waals surface area contributed by atoms with Crippen LogP contribution in [0.2, 0.25) is 0 Å². The topological polar surface area (TPSA) is 55.2 Å². The second-order valence-electron chi connectivity index (χ2n) is 6.96. The Bertz CT molecular complexity index is 805. The number of amides is 1. The Morgan fingerprint density at radius 3 is 2.41 bits per heavy atom. The van der Waals surface area contributed by atoms with E-state index in [0.29, 0.717) is 36.9 Å². The molecule has 2 aromatic rings. The predicted molar refractivity (Wildman–Crippen MR) is 112 cm³/mol. The summed E-state index contributed by atoms with van der Waals surface area (Å²) in [5.41, 5.74) is 1.65. The molecule has 156 valence electrons. The number of quaternary nitrogens is 1. The average molecular weight is 402 g/mol. The highest BCUT2D eigenvalue weighted by molar-refractivity contribution is 5.93. The first kappa shape index (κ1) is 20.9. The van der Waals surface area contributed by atoms with Crippen LogP contribution in [0.1, 0.15) is 13.8 Å². The van der Waals surface area contributed by atoms with Crippen molar-refractivity contribution in [2.45, 2.75) is 13.8 Å². The van der Waals surface area contributed by atoms with E-state index in [-0.39, 0.29) is 11.7 Å². The van der Waals surface area contributed by atoms with E-state index < -0.39 is 0 Å². The first-order valence-electron chi connectivity index (χ1n) is 10.1. The highest BCUT2D eigenvalue weighted by Crippen LogP contribution is 2.29. The van der Waals surface area contributed by atoms with Crippen molar-refractivity contribution in [1.29, 1.82) is 0 Å². The summed E-state index contributed by atoms with van der Waals surface area (Å²) in [6.45, 7) is 8.66. The van der Waals surface area contributed by atoms with E-state index >= 15 is 0 Å². The molecule has 1 aliphatic heterocycles. The fourth-order valence-electron chi connectivity index (χ4n) is 3.48. The number of hydrogen-bond acceptors (Lipinski definition) is 4. The van der Waals surface area contributed by atoms with Gasteiger partial charge >= 0.3 is 0 Å². The molecule has 1 aliphatic rings. The van der Waals surface area contributed by atoms with Crippen LogP contribution in [0.3, 0.4) is 0 Å². The molecule has 1 saturated heterocycles. The molecule has 3 rings (SSSR count). The number of ether oxygens (including phenoxy) is 2. The van der Waals surface area contributed by atoms with Crippen LogP contribution in [0.15, 0.2) is 42.5 Å². The predicted octanol–water partition coefficient (Wildman–Crippen LogP) is 1.97. The van der Waals surface area contributed by atoms with Gasteiger partial charge in [-0.1, -0.05) is 0 Å². The number of anilines is 2. The van der Waals surface area contributed by atoms with Gasteiger partial charge in [-0.25, -0.2) is 4.39 Å². The molecule has 7 heteroatoms. The van der Waals surface area contributed by atoms with Gasteiger partial charge in [-0.2, -0.15) is 0 Å². The molecule has 29 heavy (non-hydrogen) atoms. The number of nitrogens with zero attached hydrogens (tertiary/aromatic N) is 1. The quantitative estimate of drug-likeness (QED) is 0.709. The Morgan fingerprint density at radius 1 is 1.07 bits per heavy atom. The molecule has 1 fully saturated rings. The maximum absolute atomic E-state index is 13.1. The van der Waals surface area contributed by atoms with E-state index in [2.05, 4.69) is 10.2 Å². The number of nitrogens with one attached hydrogen (secondary N) is 2. The SMILES string of the molecule is CCOc1ccc(OCC)c(NC(=O)C[NH+]2CCN(c3ccc(F)cc3)CC2)c1. The maximum atomic E-state index is 13.1. The summed E-state index contributed by atoms with van der Waals surface area (Å²) in [5.74, 6) is 1.06. The molecule has 2 aromatic carbocycles. The van der Waals surface area contributed by atoms with Crippen LogP contribution in [-0.4, -0.2) is 51.8 Å². The molecule has 0 radical (unpaired) electrons. The largest absolute Gasteiger partial charge is 0.494 e. The van der Waals surface area contributed by atoms with Crippen molar-refractivity contribution in [2.75, 3.05) is 56.2 Å². The van der Waals surface area contributed by atoms with Crippen LogP contribution in [0.4, 0.5) is 15.8 Å². The molecule has 0 bridgehead atoms. The molecule has 2 N–H and O–H groups in total. The number of piperazine rings is 1. The highest BCUT2D eigenvalue weighted by atomic mass is 19.1. The number of rotatable bonds is 8. The smallest absolute Gasteiger partial charge is 0.279 e. The minimum Gasteiger partial charge on any atom is -0.494 e. The summed E-state index contributed by atoms with van der Waals surface area (Å²) in [6, 6.07) is 12.0. The number of carbonyl (C=O) groups excluding carboxylic acids is 1. The lowest BCUT2D eigenvalue weighted by Gasteiger charge is -2.33. The third kappa shape index (κ3) is 5.84. The van der Waals surface area contributed by atoms with Gasteiger partial charge in [-0.05, 0) is 50.2 Å². The van der Waals surface area contributed by atoms with Crippen molar-refractivity contribution in [2.24, 2.45) is 0 Å². The zero-order chi connectivity index (χ0) is 20.6. The van der Waals surface area contributed by atoms with E-state index in [1.54, 1.807) is 18.2 Å². The van der Waals surface area contributed by atoms with Gasteiger partial charge in [0.05, 0.1) is 45.1 Å². The van der Waals surface area contributed by atoms with E-state index in [9.17, 15) is 9.18 Å². The minimum atomic E-state index is -0.227. The van der Waals surface area contributed by atoms with Gasteiger partial charge in [-0.15, -0.1) is 0 Å². The minimum absolute atomic E-state index is 0.0511. The van der Waals surface area contributed by atoms with Crippen LogP contribution in [-0.2, 0) is 4.79 Å². The van der Waals surface area contributed by atoms with Crippen molar-refractivity contribution in [1.82, 2.24) is 0 Å². The van der Waals surface area contributed by atoms with Crippen molar-refractivity contribution >= 4 is 17.3 Å². The van der Waals surface area contributed by atoms with Crippen LogP contribution in [0.5, 0.6) is 11.5 Å². The van der Waals surface area contributed by atoms with E-state index in [0.717, 1.165) is 31.9 Å². The van der Waals surface area contributed by atoms with E-state index in [1.165, 1.54) is 17.0 Å². The standard InChI is InChI=1S/C22H28FN3O3/c1-3-28-19-9-10-21(29-4-2)20(15-19)24-22(27)16-25-11-13-26(14-12-25)18-7-5-17(23)6-8-18/h5-10,15H,3-4,11-14,16H2,1-2H3,(H,24,27)/p+1. The number of halogens is 1. The molecule has 1 heterocycles. The fourth-order valence-corrected chi connectivity index (χ4v) is 3.48. The summed E-state index contributed by atoms with van der Waals surface area (Å²) in [7, 11) is 0. The summed E-state index contributed by atoms with van der Waals surface area (Å²) >= 11 is 0. The van der Waals surface area contributed by atoms with Crippen molar-refractivity contribution in [3.63, 3.8) is 0 Å². The van der Waals surface area contributed by atoms with Gasteiger partial charge < -0.3 is 24.6 Å². The summed E-state index contributed by atoms with van der Waals surface area (Å²) < 4.78 is 24.3. The number of hydrogen-bond donors (Lipinski definition) is 2. The first-order chi connectivity index (χ1) is 14.1. The lowest BCUT2D eigenvalue weighted by Crippen LogP contribution is -3.15. The molecular weight excluding hydrogens is 373 g/mol. The Labute approximate surface area is 171 Å². The second-order valence-corrected chi connectivity index (χ2v) is 6.96. The van der Waals surface area contributed by atoms with Crippen molar-refractivity contribution in [3.8, 4) is 11.5 Å². The van der Waals surface area contributed by atoms with Crippen LogP contribution >= 0.6 is 0 Å². The Hall–Kier alpha value is -2.80. The van der Waals surface area contributed by atoms with Gasteiger partial charge in [-0.3, -0.25) is 4.79 Å². The van der Waals surface area contributed by atoms with E-state index in [4.69, 9.17) is 9.47 Å². The third-order valence-electron chi connectivity index (χ3n) is 4.91. The Kier molecular flexibility index (Phi) is 7.30.